The average Bonchev–Trinajstić information content (AvgIpc) is 2.92. The molecule has 0 aromatic carbocycles. The highest BCUT2D eigenvalue weighted by molar-refractivity contribution is 6.68. The molecule has 0 bridgehead atoms. The molecule has 1 aliphatic rings. The summed E-state index contributed by atoms with van der Waals surface area (Å²) in [6, 6.07) is 0.447. The van der Waals surface area contributed by atoms with Gasteiger partial charge in [-0.3, -0.25) is 9.59 Å². The summed E-state index contributed by atoms with van der Waals surface area (Å²) in [5.41, 5.74) is 2.57. The van der Waals surface area contributed by atoms with Gasteiger partial charge < -0.3 is 4.57 Å². The summed E-state index contributed by atoms with van der Waals surface area (Å²) in [4.78, 5) is 23.0. The second kappa shape index (κ2) is 3.74. The number of hydrogen-bond donors (Lipinski definition) is 0. The molecule has 0 spiro atoms. The highest BCUT2D eigenvalue weighted by Crippen LogP contribution is 2.40. The molecule has 0 saturated heterocycles. The number of Topliss-reactive ketones (excluding diaryl/α,β-unsaturated/α-hetero) is 1. The van der Waals surface area contributed by atoms with Crippen LogP contribution in [0, 0.1) is 13.8 Å². The van der Waals surface area contributed by atoms with Crippen LogP contribution >= 0.6 is 11.6 Å². The molecule has 1 aromatic rings. The maximum atomic E-state index is 11.6. The fraction of sp³-hybridized carbons (Fsp3) is 0.500. The lowest BCUT2D eigenvalue weighted by Gasteiger charge is -2.06. The molecule has 0 N–H and O–H groups in total. The van der Waals surface area contributed by atoms with Crippen molar-refractivity contribution < 1.29 is 9.59 Å². The normalized spacial score (nSPS) is 15.2. The first-order valence-electron chi connectivity index (χ1n) is 5.37. The number of carbonyl (C=O) groups is 2. The van der Waals surface area contributed by atoms with Crippen molar-refractivity contribution in [2.75, 3.05) is 0 Å². The summed E-state index contributed by atoms with van der Waals surface area (Å²) >= 11 is 5.56. The number of carbonyl (C=O) groups excluding carboxylic acids is 2. The first-order valence-corrected chi connectivity index (χ1v) is 5.75. The quantitative estimate of drug-likeness (QED) is 0.601. The first kappa shape index (κ1) is 11.4. The smallest absolute Gasteiger partial charge is 0.254 e. The maximum absolute atomic E-state index is 11.6. The maximum Gasteiger partial charge on any atom is 0.254 e. The topological polar surface area (TPSA) is 39.1 Å². The number of rotatable bonds is 3. The van der Waals surface area contributed by atoms with Gasteiger partial charge in [0.05, 0.1) is 11.1 Å². The van der Waals surface area contributed by atoms with Crippen molar-refractivity contribution in [2.24, 2.45) is 0 Å². The summed E-state index contributed by atoms with van der Waals surface area (Å²) in [5.74, 6) is -0.0935. The third-order valence-corrected chi connectivity index (χ3v) is 3.35. The fourth-order valence-electron chi connectivity index (χ4n) is 2.41. The van der Waals surface area contributed by atoms with Crippen molar-refractivity contribution in [3.63, 3.8) is 0 Å². The van der Waals surface area contributed by atoms with Gasteiger partial charge in [-0.2, -0.15) is 0 Å². The van der Waals surface area contributed by atoms with E-state index in [0.717, 1.165) is 24.2 Å². The minimum Gasteiger partial charge on any atom is -0.345 e. The Bertz CT molecular complexity index is 446. The number of halogens is 1. The Morgan fingerprint density at radius 2 is 1.69 bits per heavy atom. The summed E-state index contributed by atoms with van der Waals surface area (Å²) in [5, 5.41) is -0.537. The minimum atomic E-state index is -0.537. The van der Waals surface area contributed by atoms with E-state index in [1.165, 1.54) is 6.92 Å². The van der Waals surface area contributed by atoms with Crippen molar-refractivity contribution in [3.05, 3.63) is 22.5 Å². The van der Waals surface area contributed by atoms with E-state index >= 15 is 0 Å². The minimum absolute atomic E-state index is 0.0935. The third-order valence-electron chi connectivity index (χ3n) is 3.16. The number of aromatic nitrogens is 1. The van der Waals surface area contributed by atoms with Crippen molar-refractivity contribution >= 4 is 22.6 Å². The molecule has 1 aromatic heterocycles. The molecule has 4 heteroatoms. The van der Waals surface area contributed by atoms with Gasteiger partial charge >= 0.3 is 0 Å². The van der Waals surface area contributed by atoms with Crippen molar-refractivity contribution in [3.8, 4) is 0 Å². The summed E-state index contributed by atoms with van der Waals surface area (Å²) in [7, 11) is 0. The molecule has 1 heterocycles. The van der Waals surface area contributed by atoms with Crippen LogP contribution in [-0.4, -0.2) is 15.6 Å². The highest BCUT2D eigenvalue weighted by atomic mass is 35.5. The molecular formula is C12H14ClNO2. The van der Waals surface area contributed by atoms with Crippen LogP contribution in [-0.2, 0) is 0 Å². The van der Waals surface area contributed by atoms with Crippen LogP contribution in [0.2, 0.25) is 0 Å². The monoisotopic (exact) mass is 239 g/mol. The van der Waals surface area contributed by atoms with Crippen LogP contribution in [0.25, 0.3) is 0 Å². The lowest BCUT2D eigenvalue weighted by atomic mass is 10.1. The van der Waals surface area contributed by atoms with Gasteiger partial charge in [-0.15, -0.1) is 0 Å². The third kappa shape index (κ3) is 1.59. The average molecular weight is 240 g/mol. The lowest BCUT2D eigenvalue weighted by Crippen LogP contribution is -2.01. The van der Waals surface area contributed by atoms with E-state index in [9.17, 15) is 9.59 Å². The van der Waals surface area contributed by atoms with Crippen molar-refractivity contribution in [1.82, 2.24) is 4.57 Å². The van der Waals surface area contributed by atoms with Crippen molar-refractivity contribution in [1.29, 1.82) is 0 Å². The van der Waals surface area contributed by atoms with E-state index in [2.05, 4.69) is 4.57 Å². The molecule has 1 aliphatic carbocycles. The van der Waals surface area contributed by atoms with Gasteiger partial charge in [0.1, 0.15) is 0 Å². The van der Waals surface area contributed by atoms with E-state index in [1.807, 2.05) is 13.8 Å². The first-order chi connectivity index (χ1) is 7.45. The van der Waals surface area contributed by atoms with Gasteiger partial charge in [-0.25, -0.2) is 0 Å². The van der Waals surface area contributed by atoms with Crippen molar-refractivity contribution in [2.45, 2.75) is 39.7 Å². The molecule has 1 fully saturated rings. The predicted molar refractivity (Wildman–Crippen MR) is 62.4 cm³/mol. The second-order valence-electron chi connectivity index (χ2n) is 4.35. The molecule has 86 valence electrons. The standard InChI is InChI=1S/C12H14ClNO2/c1-6-10(8(3)15)11(12(13)16)7(2)14(6)9-4-5-9/h9H,4-5H2,1-3H3. The molecular weight excluding hydrogens is 226 g/mol. The Morgan fingerprint density at radius 3 is 2.00 bits per heavy atom. The molecule has 0 aliphatic heterocycles. The van der Waals surface area contributed by atoms with Gasteiger partial charge in [0.25, 0.3) is 5.24 Å². The molecule has 0 amide bonds. The fourth-order valence-corrected chi connectivity index (χ4v) is 2.64. The number of nitrogens with zero attached hydrogens (tertiary/aromatic N) is 1. The summed E-state index contributed by atoms with van der Waals surface area (Å²) in [6.45, 7) is 5.21. The van der Waals surface area contributed by atoms with Gasteiger partial charge in [-0.1, -0.05) is 0 Å². The van der Waals surface area contributed by atoms with Gasteiger partial charge in [-0.05, 0) is 45.2 Å². The SMILES string of the molecule is CC(=O)c1c(C(=O)Cl)c(C)n(C2CC2)c1C. The Kier molecular flexibility index (Phi) is 2.66. The van der Waals surface area contributed by atoms with E-state index in [1.54, 1.807) is 0 Å². The Morgan fingerprint density at radius 1 is 1.19 bits per heavy atom. The van der Waals surface area contributed by atoms with Crippen LogP contribution < -0.4 is 0 Å². The summed E-state index contributed by atoms with van der Waals surface area (Å²) in [6.07, 6.45) is 2.23. The Balaban J connectivity index is 2.70. The largest absolute Gasteiger partial charge is 0.345 e. The zero-order valence-corrected chi connectivity index (χ0v) is 10.4. The van der Waals surface area contributed by atoms with E-state index in [0.29, 0.717) is 17.2 Å². The second-order valence-corrected chi connectivity index (χ2v) is 4.70. The Hall–Kier alpha value is -1.09. The van der Waals surface area contributed by atoms with Crippen LogP contribution in [0.4, 0.5) is 0 Å². The zero-order chi connectivity index (χ0) is 12.0. The highest BCUT2D eigenvalue weighted by Gasteiger charge is 2.32. The molecule has 0 unspecified atom stereocenters. The number of ketones is 1. The Labute approximate surface area is 99.4 Å². The van der Waals surface area contributed by atoms with Gasteiger partial charge in [0.15, 0.2) is 5.78 Å². The van der Waals surface area contributed by atoms with Gasteiger partial charge in [0.2, 0.25) is 0 Å². The van der Waals surface area contributed by atoms with Crippen LogP contribution in [0.15, 0.2) is 0 Å². The molecule has 16 heavy (non-hydrogen) atoms. The van der Waals surface area contributed by atoms with Crippen LogP contribution in [0.1, 0.15) is 57.9 Å². The molecule has 1 saturated carbocycles. The molecule has 2 rings (SSSR count). The van der Waals surface area contributed by atoms with Gasteiger partial charge in [0, 0.05) is 17.4 Å². The van der Waals surface area contributed by atoms with Crippen LogP contribution in [0.3, 0.4) is 0 Å². The molecule has 3 nitrogen and oxygen atoms in total. The molecule has 0 atom stereocenters. The summed E-state index contributed by atoms with van der Waals surface area (Å²) < 4.78 is 2.08. The van der Waals surface area contributed by atoms with Crippen LogP contribution in [0.5, 0.6) is 0 Å². The van der Waals surface area contributed by atoms with E-state index < -0.39 is 5.24 Å². The predicted octanol–water partition coefficient (Wildman–Crippen LogP) is 3.02. The lowest BCUT2D eigenvalue weighted by molar-refractivity contribution is 0.100. The molecule has 0 radical (unpaired) electrons. The number of hydrogen-bond acceptors (Lipinski definition) is 2. The zero-order valence-electron chi connectivity index (χ0n) is 9.63. The van der Waals surface area contributed by atoms with E-state index in [4.69, 9.17) is 11.6 Å². The van der Waals surface area contributed by atoms with E-state index in [-0.39, 0.29) is 5.78 Å².